The molecule has 4 aromatic carbocycles. The SMILES string of the molecule is Cc1ccc(-c2c(-c3ccccc3)n3c4ccccc4[n-][n+]3c2Sc2ccccc2)cc1. The first kappa shape index (κ1) is 19.0. The zero-order chi connectivity index (χ0) is 21.5. The minimum Gasteiger partial charge on any atom is -0.216 e. The average molecular weight is 432 g/mol. The van der Waals surface area contributed by atoms with E-state index >= 15 is 0 Å². The third kappa shape index (κ3) is 3.12. The van der Waals surface area contributed by atoms with Crippen LogP contribution in [-0.2, 0) is 0 Å². The van der Waals surface area contributed by atoms with Gasteiger partial charge in [0.2, 0.25) is 0 Å². The molecular formula is C28H21N3S. The van der Waals surface area contributed by atoms with Crippen LogP contribution in [0.4, 0.5) is 0 Å². The van der Waals surface area contributed by atoms with Crippen molar-refractivity contribution in [3.05, 3.63) is 115 Å². The van der Waals surface area contributed by atoms with Crippen molar-refractivity contribution in [1.29, 1.82) is 0 Å². The maximum Gasteiger partial charge on any atom is 0.273 e. The molecule has 0 radical (unpaired) electrons. The van der Waals surface area contributed by atoms with Crippen LogP contribution in [0.3, 0.4) is 0 Å². The molecule has 154 valence electrons. The highest BCUT2D eigenvalue weighted by atomic mass is 32.2. The van der Waals surface area contributed by atoms with Gasteiger partial charge in [-0.3, -0.25) is 0 Å². The average Bonchev–Trinajstić information content (AvgIpc) is 3.36. The molecule has 32 heavy (non-hydrogen) atoms. The molecule has 6 aromatic rings. The van der Waals surface area contributed by atoms with Crippen LogP contribution < -0.4 is 9.73 Å². The molecule has 0 amide bonds. The number of benzene rings is 4. The molecule has 0 atom stereocenters. The summed E-state index contributed by atoms with van der Waals surface area (Å²) in [6.07, 6.45) is 0. The maximum atomic E-state index is 5.02. The first-order valence-corrected chi connectivity index (χ1v) is 11.5. The van der Waals surface area contributed by atoms with Gasteiger partial charge in [-0.05, 0) is 41.9 Å². The minimum atomic E-state index is 0.982. The number of hydrogen-bond acceptors (Lipinski definition) is 1. The van der Waals surface area contributed by atoms with E-state index < -0.39 is 0 Å². The van der Waals surface area contributed by atoms with Gasteiger partial charge in [0.15, 0.2) is 0 Å². The van der Waals surface area contributed by atoms with E-state index in [-0.39, 0.29) is 0 Å². The van der Waals surface area contributed by atoms with Crippen molar-refractivity contribution in [3.63, 3.8) is 0 Å². The number of aryl methyl sites for hydroxylation is 1. The summed E-state index contributed by atoms with van der Waals surface area (Å²) in [7, 11) is 0. The Morgan fingerprint density at radius 2 is 1.34 bits per heavy atom. The molecule has 0 fully saturated rings. The van der Waals surface area contributed by atoms with E-state index in [0.717, 1.165) is 21.8 Å². The summed E-state index contributed by atoms with van der Waals surface area (Å²) in [5.74, 6) is 0. The topological polar surface area (TPSA) is 22.6 Å². The Hall–Kier alpha value is -3.76. The Morgan fingerprint density at radius 3 is 2.09 bits per heavy atom. The molecule has 0 bridgehead atoms. The zero-order valence-electron chi connectivity index (χ0n) is 17.6. The number of hydrogen-bond donors (Lipinski definition) is 0. The molecule has 0 aliphatic carbocycles. The summed E-state index contributed by atoms with van der Waals surface area (Å²) in [6.45, 7) is 2.13. The van der Waals surface area contributed by atoms with E-state index in [4.69, 9.17) is 5.10 Å². The highest BCUT2D eigenvalue weighted by molar-refractivity contribution is 7.99. The molecule has 4 heteroatoms. The lowest BCUT2D eigenvalue weighted by Gasteiger charge is -2.08. The van der Waals surface area contributed by atoms with Gasteiger partial charge in [0.1, 0.15) is 0 Å². The van der Waals surface area contributed by atoms with Crippen molar-refractivity contribution < 1.29 is 4.63 Å². The highest BCUT2D eigenvalue weighted by Gasteiger charge is 2.27. The molecule has 0 aliphatic rings. The molecule has 0 N–H and O–H groups in total. The van der Waals surface area contributed by atoms with Crippen molar-refractivity contribution in [2.24, 2.45) is 0 Å². The van der Waals surface area contributed by atoms with Crippen molar-refractivity contribution in [1.82, 2.24) is 9.61 Å². The monoisotopic (exact) mass is 431 g/mol. The third-order valence-electron chi connectivity index (χ3n) is 5.69. The van der Waals surface area contributed by atoms with Gasteiger partial charge in [-0.15, -0.1) is 4.63 Å². The summed E-state index contributed by atoms with van der Waals surface area (Å²) >= 11 is 1.75. The van der Waals surface area contributed by atoms with Crippen molar-refractivity contribution in [2.75, 3.05) is 0 Å². The van der Waals surface area contributed by atoms with Gasteiger partial charge in [-0.25, -0.2) is 4.52 Å². The van der Waals surface area contributed by atoms with E-state index in [0.29, 0.717) is 0 Å². The number of fused-ring (bicyclic) bond motifs is 3. The molecule has 6 rings (SSSR count). The fraction of sp³-hybridized carbons (Fsp3) is 0.0357. The first-order chi connectivity index (χ1) is 15.8. The zero-order valence-corrected chi connectivity index (χ0v) is 18.5. The largest absolute Gasteiger partial charge is 0.273 e. The molecule has 2 heterocycles. The second-order valence-corrected chi connectivity index (χ2v) is 8.93. The normalized spacial score (nSPS) is 11.4. The first-order valence-electron chi connectivity index (χ1n) is 10.7. The smallest absolute Gasteiger partial charge is 0.216 e. The van der Waals surface area contributed by atoms with E-state index in [1.807, 2.05) is 6.07 Å². The summed E-state index contributed by atoms with van der Waals surface area (Å²) < 4.78 is 4.32. The van der Waals surface area contributed by atoms with E-state index in [9.17, 15) is 0 Å². The fourth-order valence-corrected chi connectivity index (χ4v) is 5.21. The van der Waals surface area contributed by atoms with Crippen LogP contribution in [0.2, 0.25) is 0 Å². The Kier molecular flexibility index (Phi) is 4.58. The van der Waals surface area contributed by atoms with Gasteiger partial charge in [0, 0.05) is 21.6 Å². The second kappa shape index (κ2) is 7.74. The van der Waals surface area contributed by atoms with Crippen LogP contribution >= 0.6 is 11.8 Å². The molecule has 0 saturated carbocycles. The van der Waals surface area contributed by atoms with Gasteiger partial charge >= 0.3 is 0 Å². The van der Waals surface area contributed by atoms with Crippen molar-refractivity contribution in [3.8, 4) is 22.4 Å². The number of aromatic nitrogens is 3. The van der Waals surface area contributed by atoms with E-state index in [2.05, 4.69) is 119 Å². The van der Waals surface area contributed by atoms with E-state index in [1.54, 1.807) is 11.8 Å². The van der Waals surface area contributed by atoms with Crippen LogP contribution in [0.5, 0.6) is 0 Å². The molecular weight excluding hydrogens is 410 g/mol. The van der Waals surface area contributed by atoms with Crippen LogP contribution in [0.15, 0.2) is 119 Å². The Bertz CT molecular complexity index is 1530. The lowest BCUT2D eigenvalue weighted by molar-refractivity contribution is -0.708. The Balaban J connectivity index is 1.75. The molecule has 2 aromatic heterocycles. The Labute approximate surface area is 190 Å². The number of rotatable bonds is 4. The summed E-state index contributed by atoms with van der Waals surface area (Å²) in [5, 5.41) is 6.13. The molecule has 0 saturated heterocycles. The molecule has 0 aliphatic heterocycles. The predicted octanol–water partition coefficient (Wildman–Crippen LogP) is 6.43. The quantitative estimate of drug-likeness (QED) is 0.300. The maximum absolute atomic E-state index is 5.02. The van der Waals surface area contributed by atoms with E-state index in [1.165, 1.54) is 27.1 Å². The van der Waals surface area contributed by atoms with Gasteiger partial charge in [-0.1, -0.05) is 103 Å². The van der Waals surface area contributed by atoms with Crippen LogP contribution in [-0.4, -0.2) is 4.52 Å². The molecule has 0 spiro atoms. The highest BCUT2D eigenvalue weighted by Crippen LogP contribution is 2.41. The van der Waals surface area contributed by atoms with Crippen LogP contribution in [0.1, 0.15) is 5.56 Å². The van der Waals surface area contributed by atoms with Crippen LogP contribution in [0.25, 0.3) is 33.4 Å². The predicted molar refractivity (Wildman–Crippen MR) is 130 cm³/mol. The number of para-hydroxylation sites is 1. The summed E-state index contributed by atoms with van der Waals surface area (Å²) in [4.78, 5) is 1.19. The lowest BCUT2D eigenvalue weighted by Crippen LogP contribution is -2.32. The summed E-state index contributed by atoms with van der Waals surface area (Å²) in [6, 6.07) is 38.3. The third-order valence-corrected chi connectivity index (χ3v) is 6.76. The van der Waals surface area contributed by atoms with Crippen LogP contribution in [0, 0.1) is 6.92 Å². The van der Waals surface area contributed by atoms with Gasteiger partial charge < -0.3 is 0 Å². The second-order valence-electron chi connectivity index (χ2n) is 7.87. The van der Waals surface area contributed by atoms with Crippen molar-refractivity contribution >= 4 is 22.8 Å². The standard InChI is InChI=1S/C28H21N3S/c1-20-16-18-21(19-17-20)26-27(22-10-4-2-5-11-22)30-25-15-9-8-14-24(25)29-31(30)28(26)32-23-12-6-3-7-13-23/h2-19H,1H3. The fourth-order valence-electron chi connectivity index (χ4n) is 4.17. The minimum absolute atomic E-state index is 0.982. The lowest BCUT2D eigenvalue weighted by atomic mass is 10.0. The number of nitrogens with zero attached hydrogens (tertiary/aromatic N) is 3. The molecule has 3 nitrogen and oxygen atoms in total. The summed E-state index contributed by atoms with van der Waals surface area (Å²) in [5.41, 5.74) is 8.04. The van der Waals surface area contributed by atoms with Gasteiger partial charge in [-0.2, -0.15) is 5.10 Å². The molecule has 0 unspecified atom stereocenters. The van der Waals surface area contributed by atoms with Gasteiger partial charge in [0.05, 0.1) is 5.56 Å². The Morgan fingerprint density at radius 1 is 0.688 bits per heavy atom. The van der Waals surface area contributed by atoms with Crippen molar-refractivity contribution in [2.45, 2.75) is 16.8 Å². The van der Waals surface area contributed by atoms with Gasteiger partial charge in [0.25, 0.3) is 5.03 Å².